The third kappa shape index (κ3) is 4.64. The van der Waals surface area contributed by atoms with E-state index in [-0.39, 0.29) is 22.8 Å². The summed E-state index contributed by atoms with van der Waals surface area (Å²) in [5.74, 6) is -0.157. The number of amides is 2. The van der Waals surface area contributed by atoms with Gasteiger partial charge in [-0.1, -0.05) is 5.16 Å². The van der Waals surface area contributed by atoms with Crippen molar-refractivity contribution < 1.29 is 22.5 Å². The van der Waals surface area contributed by atoms with E-state index in [0.29, 0.717) is 5.76 Å². The Hall–Kier alpha value is -2.72. The molecule has 1 aromatic heterocycles. The molecule has 0 radical (unpaired) electrons. The van der Waals surface area contributed by atoms with Gasteiger partial charge in [0.05, 0.1) is 11.4 Å². The number of hydrogen-bond acceptors (Lipinski definition) is 6. The number of aromatic nitrogens is 1. The van der Waals surface area contributed by atoms with Gasteiger partial charge in [-0.25, -0.2) is 12.7 Å². The summed E-state index contributed by atoms with van der Waals surface area (Å²) >= 11 is 0. The van der Waals surface area contributed by atoms with E-state index in [1.54, 1.807) is 13.0 Å². The first kappa shape index (κ1) is 18.6. The van der Waals surface area contributed by atoms with Crippen LogP contribution in [-0.2, 0) is 14.8 Å². The van der Waals surface area contributed by atoms with E-state index in [1.807, 2.05) is 0 Å². The molecule has 0 saturated carbocycles. The normalized spacial score (nSPS) is 11.4. The van der Waals surface area contributed by atoms with E-state index in [4.69, 9.17) is 4.52 Å². The maximum atomic E-state index is 12.0. The van der Waals surface area contributed by atoms with E-state index in [1.165, 1.54) is 38.4 Å². The molecule has 0 aliphatic heterocycles. The summed E-state index contributed by atoms with van der Waals surface area (Å²) in [5.41, 5.74) is 0.239. The third-order valence-corrected chi connectivity index (χ3v) is 5.03. The molecule has 0 unspecified atom stereocenters. The fraction of sp³-hybridized carbons (Fsp3) is 0.267. The lowest BCUT2D eigenvalue weighted by molar-refractivity contribution is -0.115. The average molecular weight is 366 g/mol. The zero-order valence-electron chi connectivity index (χ0n) is 13.9. The van der Waals surface area contributed by atoms with E-state index >= 15 is 0 Å². The Labute approximate surface area is 145 Å². The van der Waals surface area contributed by atoms with Crippen LogP contribution in [0.15, 0.2) is 39.8 Å². The highest BCUT2D eigenvalue weighted by molar-refractivity contribution is 7.89. The Bertz CT molecular complexity index is 872. The predicted octanol–water partition coefficient (Wildman–Crippen LogP) is 0.602. The van der Waals surface area contributed by atoms with Gasteiger partial charge in [0.2, 0.25) is 15.9 Å². The van der Waals surface area contributed by atoms with E-state index in [9.17, 15) is 18.0 Å². The summed E-state index contributed by atoms with van der Waals surface area (Å²) in [4.78, 5) is 23.8. The Morgan fingerprint density at radius 2 is 1.84 bits per heavy atom. The predicted molar refractivity (Wildman–Crippen MR) is 89.5 cm³/mol. The lowest BCUT2D eigenvalue weighted by Gasteiger charge is -2.11. The van der Waals surface area contributed by atoms with Crippen molar-refractivity contribution in [2.45, 2.75) is 11.8 Å². The van der Waals surface area contributed by atoms with Gasteiger partial charge in [0.25, 0.3) is 5.91 Å². The average Bonchev–Trinajstić information content (AvgIpc) is 2.97. The molecular formula is C15H18N4O5S. The van der Waals surface area contributed by atoms with Crippen LogP contribution in [0, 0.1) is 6.92 Å². The minimum Gasteiger partial charge on any atom is -0.360 e. The van der Waals surface area contributed by atoms with Crippen LogP contribution in [-0.4, -0.2) is 50.3 Å². The molecule has 1 aromatic carbocycles. The van der Waals surface area contributed by atoms with Gasteiger partial charge in [-0.3, -0.25) is 9.59 Å². The van der Waals surface area contributed by atoms with E-state index < -0.39 is 21.8 Å². The van der Waals surface area contributed by atoms with Crippen molar-refractivity contribution in [2.24, 2.45) is 0 Å². The van der Waals surface area contributed by atoms with Crippen LogP contribution in [0.5, 0.6) is 0 Å². The topological polar surface area (TPSA) is 122 Å². The van der Waals surface area contributed by atoms with Crippen LogP contribution in [0.3, 0.4) is 0 Å². The number of sulfonamides is 1. The first-order valence-corrected chi connectivity index (χ1v) is 8.68. The molecule has 0 aliphatic carbocycles. The molecule has 10 heteroatoms. The second kappa shape index (κ2) is 7.45. The SMILES string of the molecule is Cc1cc(NC(=O)CNC(=O)c2ccc(S(=O)(=O)N(C)C)cc2)no1. The molecule has 2 rings (SSSR count). The van der Waals surface area contributed by atoms with Gasteiger partial charge in [-0.15, -0.1) is 0 Å². The van der Waals surface area contributed by atoms with Crippen molar-refractivity contribution in [1.82, 2.24) is 14.8 Å². The van der Waals surface area contributed by atoms with Crippen molar-refractivity contribution in [2.75, 3.05) is 26.0 Å². The molecule has 0 aliphatic rings. The first-order chi connectivity index (χ1) is 11.7. The molecule has 9 nitrogen and oxygen atoms in total. The summed E-state index contributed by atoms with van der Waals surface area (Å²) in [6.07, 6.45) is 0. The van der Waals surface area contributed by atoms with Crippen molar-refractivity contribution in [3.8, 4) is 0 Å². The van der Waals surface area contributed by atoms with Gasteiger partial charge in [-0.05, 0) is 31.2 Å². The number of aryl methyl sites for hydroxylation is 1. The van der Waals surface area contributed by atoms with Crippen molar-refractivity contribution in [1.29, 1.82) is 0 Å². The van der Waals surface area contributed by atoms with Crippen LogP contribution >= 0.6 is 0 Å². The zero-order valence-corrected chi connectivity index (χ0v) is 14.8. The number of benzene rings is 1. The zero-order chi connectivity index (χ0) is 18.6. The van der Waals surface area contributed by atoms with Gasteiger partial charge in [0, 0.05) is 25.7 Å². The second-order valence-electron chi connectivity index (χ2n) is 5.37. The molecule has 2 aromatic rings. The van der Waals surface area contributed by atoms with Gasteiger partial charge in [0.15, 0.2) is 5.82 Å². The van der Waals surface area contributed by atoms with Gasteiger partial charge in [0.1, 0.15) is 5.76 Å². The summed E-state index contributed by atoms with van der Waals surface area (Å²) < 4.78 is 29.8. The lowest BCUT2D eigenvalue weighted by Crippen LogP contribution is -2.33. The number of carbonyl (C=O) groups excluding carboxylic acids is 2. The smallest absolute Gasteiger partial charge is 0.251 e. The highest BCUT2D eigenvalue weighted by Gasteiger charge is 2.17. The van der Waals surface area contributed by atoms with E-state index in [0.717, 1.165) is 4.31 Å². The van der Waals surface area contributed by atoms with Crippen LogP contribution in [0.4, 0.5) is 5.82 Å². The Morgan fingerprint density at radius 3 is 2.36 bits per heavy atom. The van der Waals surface area contributed by atoms with Crippen molar-refractivity contribution >= 4 is 27.7 Å². The Morgan fingerprint density at radius 1 is 1.20 bits per heavy atom. The Kier molecular flexibility index (Phi) is 5.55. The molecule has 2 amide bonds. The second-order valence-corrected chi connectivity index (χ2v) is 7.52. The first-order valence-electron chi connectivity index (χ1n) is 7.24. The Balaban J connectivity index is 1.93. The number of carbonyl (C=O) groups is 2. The molecule has 2 N–H and O–H groups in total. The maximum absolute atomic E-state index is 12.0. The largest absolute Gasteiger partial charge is 0.360 e. The van der Waals surface area contributed by atoms with Gasteiger partial charge in [-0.2, -0.15) is 0 Å². The molecular weight excluding hydrogens is 348 g/mol. The summed E-state index contributed by atoms with van der Waals surface area (Å²) in [5, 5.41) is 8.51. The summed E-state index contributed by atoms with van der Waals surface area (Å²) in [7, 11) is -0.713. The third-order valence-electron chi connectivity index (χ3n) is 3.20. The molecule has 0 bridgehead atoms. The molecule has 0 saturated heterocycles. The number of nitrogens with one attached hydrogen (secondary N) is 2. The molecule has 0 atom stereocenters. The fourth-order valence-corrected chi connectivity index (χ4v) is 2.77. The number of hydrogen-bond donors (Lipinski definition) is 2. The highest BCUT2D eigenvalue weighted by Crippen LogP contribution is 2.14. The van der Waals surface area contributed by atoms with Crippen LogP contribution in [0.25, 0.3) is 0 Å². The standard InChI is InChI=1S/C15H18N4O5S/c1-10-8-13(18-24-10)17-14(20)9-16-15(21)11-4-6-12(7-5-11)25(22,23)19(2)3/h4-8H,9H2,1-3H3,(H,16,21)(H,17,18,20). The molecule has 25 heavy (non-hydrogen) atoms. The van der Waals surface area contributed by atoms with Crippen LogP contribution in [0.1, 0.15) is 16.1 Å². The number of rotatable bonds is 6. The minimum absolute atomic E-state index is 0.0770. The number of anilines is 1. The monoisotopic (exact) mass is 366 g/mol. The highest BCUT2D eigenvalue weighted by atomic mass is 32.2. The molecule has 0 spiro atoms. The van der Waals surface area contributed by atoms with Crippen molar-refractivity contribution in [3.63, 3.8) is 0 Å². The van der Waals surface area contributed by atoms with Crippen LogP contribution < -0.4 is 10.6 Å². The number of nitrogens with zero attached hydrogens (tertiary/aromatic N) is 2. The summed E-state index contributed by atoms with van der Waals surface area (Å²) in [6, 6.07) is 6.98. The van der Waals surface area contributed by atoms with Gasteiger partial charge < -0.3 is 15.2 Å². The quantitative estimate of drug-likeness (QED) is 0.772. The van der Waals surface area contributed by atoms with Crippen LogP contribution in [0.2, 0.25) is 0 Å². The van der Waals surface area contributed by atoms with Crippen molar-refractivity contribution in [3.05, 3.63) is 41.7 Å². The maximum Gasteiger partial charge on any atom is 0.251 e. The molecule has 1 heterocycles. The minimum atomic E-state index is -3.56. The molecule has 0 fully saturated rings. The van der Waals surface area contributed by atoms with E-state index in [2.05, 4.69) is 15.8 Å². The summed E-state index contributed by atoms with van der Waals surface area (Å²) in [6.45, 7) is 1.42. The van der Waals surface area contributed by atoms with Gasteiger partial charge >= 0.3 is 0 Å². The molecule has 134 valence electrons. The lowest BCUT2D eigenvalue weighted by atomic mass is 10.2. The fourth-order valence-electron chi connectivity index (χ4n) is 1.86.